The van der Waals surface area contributed by atoms with Gasteiger partial charge in [-0.2, -0.15) is 0 Å². The molecular formula is C28H23N5O. The highest BCUT2D eigenvalue weighted by atomic mass is 16.1. The number of aryl methyl sites for hydroxylation is 1. The van der Waals surface area contributed by atoms with Gasteiger partial charge in [-0.25, -0.2) is 9.67 Å². The molecule has 1 N–H and O–H groups in total. The molecule has 6 nitrogen and oxygen atoms in total. The number of carbonyl (C=O) groups excluding carboxylic acids is 1. The van der Waals surface area contributed by atoms with E-state index in [1.54, 1.807) is 10.9 Å². The van der Waals surface area contributed by atoms with Gasteiger partial charge in [0, 0.05) is 17.3 Å². The van der Waals surface area contributed by atoms with E-state index in [2.05, 4.69) is 20.6 Å². The monoisotopic (exact) mass is 445 g/mol. The van der Waals surface area contributed by atoms with Gasteiger partial charge in [0.2, 0.25) is 5.91 Å². The molecule has 0 atom stereocenters. The minimum atomic E-state index is -0.201. The lowest BCUT2D eigenvalue weighted by atomic mass is 10.1. The molecule has 2 heterocycles. The van der Waals surface area contributed by atoms with Crippen molar-refractivity contribution in [1.29, 1.82) is 0 Å². The van der Waals surface area contributed by atoms with Crippen LogP contribution in [0.4, 0.5) is 5.82 Å². The average Bonchev–Trinajstić information content (AvgIpc) is 3.29. The van der Waals surface area contributed by atoms with Crippen molar-refractivity contribution >= 4 is 11.7 Å². The number of carbonyl (C=O) groups is 1. The van der Waals surface area contributed by atoms with Gasteiger partial charge in [0.05, 0.1) is 17.8 Å². The summed E-state index contributed by atoms with van der Waals surface area (Å²) >= 11 is 0. The van der Waals surface area contributed by atoms with Gasteiger partial charge in [0.1, 0.15) is 11.5 Å². The van der Waals surface area contributed by atoms with Gasteiger partial charge in [-0.1, -0.05) is 83.6 Å². The number of amides is 1. The van der Waals surface area contributed by atoms with Crippen LogP contribution in [0.2, 0.25) is 0 Å². The first kappa shape index (κ1) is 21.3. The third-order valence-electron chi connectivity index (χ3n) is 5.53. The van der Waals surface area contributed by atoms with Crippen LogP contribution in [0.3, 0.4) is 0 Å². The van der Waals surface area contributed by atoms with E-state index in [9.17, 15) is 4.79 Å². The van der Waals surface area contributed by atoms with E-state index in [1.165, 1.54) is 0 Å². The van der Waals surface area contributed by atoms with Crippen molar-refractivity contribution in [3.8, 4) is 28.1 Å². The summed E-state index contributed by atoms with van der Waals surface area (Å²) in [5.41, 5.74) is 6.47. The predicted octanol–water partition coefficient (Wildman–Crippen LogP) is 5.49. The van der Waals surface area contributed by atoms with Gasteiger partial charge in [-0.15, -0.1) is 5.10 Å². The SMILES string of the molecule is Cc1ccc(-n2nnc(CC(=O)Nc3ccc(-c4ccccc4)cn3)c2-c2ccccc2)cc1. The second-order valence-corrected chi connectivity index (χ2v) is 8.02. The zero-order chi connectivity index (χ0) is 23.3. The van der Waals surface area contributed by atoms with Gasteiger partial charge >= 0.3 is 0 Å². The van der Waals surface area contributed by atoms with Crippen molar-refractivity contribution in [3.05, 3.63) is 115 Å². The van der Waals surface area contributed by atoms with Crippen LogP contribution < -0.4 is 5.32 Å². The smallest absolute Gasteiger partial charge is 0.231 e. The molecule has 34 heavy (non-hydrogen) atoms. The summed E-state index contributed by atoms with van der Waals surface area (Å²) < 4.78 is 1.78. The van der Waals surface area contributed by atoms with Gasteiger partial charge in [0.15, 0.2) is 0 Å². The quantitative estimate of drug-likeness (QED) is 0.375. The Bertz CT molecular complexity index is 1390. The predicted molar refractivity (Wildman–Crippen MR) is 134 cm³/mol. The highest BCUT2D eigenvalue weighted by Crippen LogP contribution is 2.26. The van der Waals surface area contributed by atoms with Crippen LogP contribution >= 0.6 is 0 Å². The number of benzene rings is 3. The molecule has 0 saturated heterocycles. The van der Waals surface area contributed by atoms with Gasteiger partial charge < -0.3 is 5.32 Å². The third-order valence-corrected chi connectivity index (χ3v) is 5.53. The second-order valence-electron chi connectivity index (χ2n) is 8.02. The second kappa shape index (κ2) is 9.50. The van der Waals surface area contributed by atoms with Gasteiger partial charge in [-0.05, 0) is 36.8 Å². The lowest BCUT2D eigenvalue weighted by Gasteiger charge is -2.09. The number of hydrogen-bond acceptors (Lipinski definition) is 4. The van der Waals surface area contributed by atoms with Crippen LogP contribution in [0, 0.1) is 6.92 Å². The third kappa shape index (κ3) is 4.61. The Morgan fingerprint density at radius 1 is 0.794 bits per heavy atom. The summed E-state index contributed by atoms with van der Waals surface area (Å²) in [4.78, 5) is 17.3. The lowest BCUT2D eigenvalue weighted by Crippen LogP contribution is -2.16. The molecule has 3 aromatic carbocycles. The molecule has 0 saturated carbocycles. The molecule has 5 aromatic rings. The Kier molecular flexibility index (Phi) is 5.95. The highest BCUT2D eigenvalue weighted by Gasteiger charge is 2.19. The molecule has 0 bridgehead atoms. The Morgan fingerprint density at radius 2 is 1.47 bits per heavy atom. The standard InChI is InChI=1S/C28H23N5O/c1-20-12-15-24(16-13-20)33-28(22-10-6-3-7-11-22)25(31-32-33)18-27(34)30-26-17-14-23(19-29-26)21-8-4-2-5-9-21/h2-17,19H,18H2,1H3,(H,29,30,34). The molecule has 1 amide bonds. The first-order chi connectivity index (χ1) is 16.7. The van der Waals surface area contributed by atoms with Gasteiger partial charge in [-0.3, -0.25) is 4.79 Å². The summed E-state index contributed by atoms with van der Waals surface area (Å²) in [6, 6.07) is 31.7. The van der Waals surface area contributed by atoms with Crippen LogP contribution in [0.1, 0.15) is 11.3 Å². The number of aromatic nitrogens is 4. The summed E-state index contributed by atoms with van der Waals surface area (Å²) in [5, 5.41) is 11.6. The Hall–Kier alpha value is -4.58. The largest absolute Gasteiger partial charge is 0.310 e. The number of anilines is 1. The van der Waals surface area contributed by atoms with Crippen LogP contribution in [0.5, 0.6) is 0 Å². The molecule has 0 unspecified atom stereocenters. The molecule has 0 aliphatic carbocycles. The fraction of sp³-hybridized carbons (Fsp3) is 0.0714. The number of pyridine rings is 1. The molecule has 2 aromatic heterocycles. The molecule has 0 fully saturated rings. The molecule has 166 valence electrons. The number of nitrogens with zero attached hydrogens (tertiary/aromatic N) is 4. The van der Waals surface area contributed by atoms with E-state index >= 15 is 0 Å². The molecular weight excluding hydrogens is 422 g/mol. The molecule has 5 rings (SSSR count). The van der Waals surface area contributed by atoms with Crippen molar-refractivity contribution in [2.24, 2.45) is 0 Å². The molecule has 0 aliphatic rings. The molecule has 6 heteroatoms. The Balaban J connectivity index is 1.39. The molecule has 0 spiro atoms. The van der Waals surface area contributed by atoms with E-state index < -0.39 is 0 Å². The van der Waals surface area contributed by atoms with Crippen molar-refractivity contribution in [2.75, 3.05) is 5.32 Å². The fourth-order valence-electron chi connectivity index (χ4n) is 3.79. The summed E-state index contributed by atoms with van der Waals surface area (Å²) in [6.45, 7) is 2.04. The van der Waals surface area contributed by atoms with E-state index in [4.69, 9.17) is 0 Å². The number of nitrogens with one attached hydrogen (secondary N) is 1. The summed E-state index contributed by atoms with van der Waals surface area (Å²) in [7, 11) is 0. The number of rotatable bonds is 6. The van der Waals surface area contributed by atoms with Gasteiger partial charge in [0.25, 0.3) is 0 Å². The Labute approximate surface area is 197 Å². The minimum absolute atomic E-state index is 0.0816. The van der Waals surface area contributed by atoms with Crippen LogP contribution in [-0.4, -0.2) is 25.9 Å². The maximum Gasteiger partial charge on any atom is 0.231 e. The minimum Gasteiger partial charge on any atom is -0.310 e. The maximum absolute atomic E-state index is 12.9. The fourth-order valence-corrected chi connectivity index (χ4v) is 3.79. The zero-order valence-corrected chi connectivity index (χ0v) is 18.7. The van der Waals surface area contributed by atoms with E-state index in [0.29, 0.717) is 11.5 Å². The zero-order valence-electron chi connectivity index (χ0n) is 18.7. The summed E-state index contributed by atoms with van der Waals surface area (Å²) in [6.07, 6.45) is 1.84. The van der Waals surface area contributed by atoms with Crippen LogP contribution in [0.15, 0.2) is 103 Å². The molecule has 0 radical (unpaired) electrons. The topological polar surface area (TPSA) is 72.7 Å². The van der Waals surface area contributed by atoms with Crippen molar-refractivity contribution in [1.82, 2.24) is 20.0 Å². The van der Waals surface area contributed by atoms with E-state index in [-0.39, 0.29) is 12.3 Å². The molecule has 0 aliphatic heterocycles. The van der Waals surface area contributed by atoms with Crippen molar-refractivity contribution < 1.29 is 4.79 Å². The van der Waals surface area contributed by atoms with Crippen molar-refractivity contribution in [2.45, 2.75) is 13.3 Å². The normalized spacial score (nSPS) is 10.7. The summed E-state index contributed by atoms with van der Waals surface area (Å²) in [5.74, 6) is 0.296. The van der Waals surface area contributed by atoms with Crippen LogP contribution in [0.25, 0.3) is 28.1 Å². The van der Waals surface area contributed by atoms with Crippen molar-refractivity contribution in [3.63, 3.8) is 0 Å². The lowest BCUT2D eigenvalue weighted by molar-refractivity contribution is -0.115. The van der Waals surface area contributed by atoms with Crippen LogP contribution in [-0.2, 0) is 11.2 Å². The average molecular weight is 446 g/mol. The number of hydrogen-bond donors (Lipinski definition) is 1. The first-order valence-electron chi connectivity index (χ1n) is 11.1. The van der Waals surface area contributed by atoms with E-state index in [1.807, 2.05) is 104 Å². The Morgan fingerprint density at radius 3 is 2.12 bits per heavy atom. The maximum atomic E-state index is 12.9. The van der Waals surface area contributed by atoms with E-state index in [0.717, 1.165) is 33.6 Å². The first-order valence-corrected chi connectivity index (χ1v) is 11.1. The highest BCUT2D eigenvalue weighted by molar-refractivity contribution is 5.92.